The number of hydrogen-bond acceptors (Lipinski definition) is 6. The van der Waals surface area contributed by atoms with Gasteiger partial charge in [-0.25, -0.2) is 8.42 Å². The van der Waals surface area contributed by atoms with Crippen molar-refractivity contribution in [3.63, 3.8) is 0 Å². The van der Waals surface area contributed by atoms with E-state index < -0.39 is 21.5 Å². The van der Waals surface area contributed by atoms with Crippen molar-refractivity contribution >= 4 is 27.5 Å². The van der Waals surface area contributed by atoms with Gasteiger partial charge in [0.15, 0.2) is 11.5 Å². The molecule has 3 rings (SSSR count). The van der Waals surface area contributed by atoms with E-state index in [0.29, 0.717) is 23.6 Å². The molecule has 1 atom stereocenters. The molecule has 0 bridgehead atoms. The number of hydrogen-bond donors (Lipinski definition) is 1. The lowest BCUT2D eigenvalue weighted by atomic mass is 9.91. The minimum absolute atomic E-state index is 0.0213. The monoisotopic (exact) mass is 481 g/mol. The van der Waals surface area contributed by atoms with Crippen LogP contribution in [-0.2, 0) is 19.6 Å². The largest absolute Gasteiger partial charge is 0.493 e. The Bertz CT molecular complexity index is 976. The number of sulfonamides is 1. The highest BCUT2D eigenvalue weighted by Crippen LogP contribution is 2.37. The van der Waals surface area contributed by atoms with Crippen LogP contribution in [0.5, 0.6) is 11.5 Å². The molecule has 0 radical (unpaired) electrons. The highest BCUT2D eigenvalue weighted by molar-refractivity contribution is 7.89. The molecule has 0 unspecified atom stereocenters. The van der Waals surface area contributed by atoms with Gasteiger partial charge in [0.05, 0.1) is 26.5 Å². The first-order chi connectivity index (χ1) is 15.7. The van der Waals surface area contributed by atoms with Gasteiger partial charge in [0.2, 0.25) is 21.8 Å². The van der Waals surface area contributed by atoms with Crippen molar-refractivity contribution < 1.29 is 27.5 Å². The number of nitrogens with one attached hydrogen (secondary N) is 1. The summed E-state index contributed by atoms with van der Waals surface area (Å²) < 4.78 is 37.5. The second-order valence-corrected chi connectivity index (χ2v) is 11.0. The molecular weight excluding hydrogens is 446 g/mol. The van der Waals surface area contributed by atoms with Gasteiger partial charge in [-0.1, -0.05) is 26.2 Å². The van der Waals surface area contributed by atoms with Crippen molar-refractivity contribution in [1.82, 2.24) is 9.62 Å². The smallest absolute Gasteiger partial charge is 0.247 e. The van der Waals surface area contributed by atoms with E-state index in [1.54, 1.807) is 32.0 Å². The SMILES string of the molecule is CCCS(=O)(=O)N1CC(=O)N(c2ccc(OC)c(OC)c2)[C@](C)(C(=O)NC2CCCCC2)C1. The maximum absolute atomic E-state index is 13.6. The van der Waals surface area contributed by atoms with Crippen LogP contribution in [-0.4, -0.2) is 69.2 Å². The van der Waals surface area contributed by atoms with Gasteiger partial charge in [-0.05, 0) is 38.3 Å². The third kappa shape index (κ3) is 5.27. The Balaban J connectivity index is 2.02. The Kier molecular flexibility index (Phi) is 7.89. The van der Waals surface area contributed by atoms with Crippen LogP contribution in [0.4, 0.5) is 5.69 Å². The van der Waals surface area contributed by atoms with Crippen LogP contribution < -0.4 is 19.7 Å². The summed E-state index contributed by atoms with van der Waals surface area (Å²) in [6.45, 7) is 2.97. The molecule has 33 heavy (non-hydrogen) atoms. The molecule has 1 aliphatic heterocycles. The van der Waals surface area contributed by atoms with Crippen molar-refractivity contribution in [2.45, 2.75) is 64.0 Å². The van der Waals surface area contributed by atoms with E-state index in [-0.39, 0.29) is 30.8 Å². The first kappa shape index (κ1) is 25.3. The normalized spacial score (nSPS) is 22.8. The molecule has 1 heterocycles. The second-order valence-electron chi connectivity index (χ2n) is 8.93. The summed E-state index contributed by atoms with van der Waals surface area (Å²) in [5.41, 5.74) is -0.973. The first-order valence-corrected chi connectivity index (χ1v) is 13.1. The van der Waals surface area contributed by atoms with E-state index in [9.17, 15) is 18.0 Å². The van der Waals surface area contributed by atoms with E-state index in [2.05, 4.69) is 5.32 Å². The number of nitrogens with zero attached hydrogens (tertiary/aromatic N) is 2. The molecule has 2 fully saturated rings. The molecule has 1 saturated heterocycles. The Morgan fingerprint density at radius 3 is 2.42 bits per heavy atom. The number of rotatable bonds is 8. The summed E-state index contributed by atoms with van der Waals surface area (Å²) in [4.78, 5) is 28.4. The number of carbonyl (C=O) groups is 2. The molecule has 2 amide bonds. The number of ether oxygens (including phenoxy) is 2. The zero-order valence-electron chi connectivity index (χ0n) is 19.9. The van der Waals surface area contributed by atoms with Crippen LogP contribution in [0, 0.1) is 0 Å². The van der Waals surface area contributed by atoms with Gasteiger partial charge in [0, 0.05) is 24.3 Å². The molecule has 0 aromatic heterocycles. The number of piperazine rings is 1. The Labute approximate surface area is 196 Å². The predicted octanol–water partition coefficient (Wildman–Crippen LogP) is 2.30. The van der Waals surface area contributed by atoms with E-state index in [1.165, 1.54) is 19.1 Å². The molecular formula is C23H35N3O6S. The predicted molar refractivity (Wildman–Crippen MR) is 126 cm³/mol. The summed E-state index contributed by atoms with van der Waals surface area (Å²) in [7, 11) is -0.663. The van der Waals surface area contributed by atoms with Crippen molar-refractivity contribution in [3.8, 4) is 11.5 Å². The zero-order valence-corrected chi connectivity index (χ0v) is 20.7. The lowest BCUT2D eigenvalue weighted by molar-refractivity contribution is -0.133. The average molecular weight is 482 g/mol. The zero-order chi connectivity index (χ0) is 24.2. The maximum Gasteiger partial charge on any atom is 0.247 e. The van der Waals surface area contributed by atoms with Crippen molar-refractivity contribution in [2.75, 3.05) is 38.0 Å². The van der Waals surface area contributed by atoms with Crippen LogP contribution in [0.1, 0.15) is 52.4 Å². The molecule has 0 spiro atoms. The van der Waals surface area contributed by atoms with Crippen molar-refractivity contribution in [3.05, 3.63) is 18.2 Å². The van der Waals surface area contributed by atoms with Gasteiger partial charge in [-0.15, -0.1) is 0 Å². The van der Waals surface area contributed by atoms with Crippen molar-refractivity contribution in [1.29, 1.82) is 0 Å². The summed E-state index contributed by atoms with van der Waals surface area (Å²) in [6.07, 6.45) is 5.41. The fourth-order valence-electron chi connectivity index (χ4n) is 4.70. The van der Waals surface area contributed by atoms with E-state index in [0.717, 1.165) is 36.4 Å². The molecule has 1 aromatic rings. The van der Waals surface area contributed by atoms with Gasteiger partial charge in [0.25, 0.3) is 0 Å². The number of carbonyl (C=O) groups excluding carboxylic acids is 2. The molecule has 1 aromatic carbocycles. The molecule has 1 aliphatic carbocycles. The van der Waals surface area contributed by atoms with Crippen LogP contribution in [0.3, 0.4) is 0 Å². The number of methoxy groups -OCH3 is 2. The quantitative estimate of drug-likeness (QED) is 0.611. The summed E-state index contributed by atoms with van der Waals surface area (Å²) in [5, 5.41) is 3.09. The van der Waals surface area contributed by atoms with Crippen LogP contribution in [0.15, 0.2) is 18.2 Å². The highest BCUT2D eigenvalue weighted by atomic mass is 32.2. The average Bonchev–Trinajstić information content (AvgIpc) is 2.79. The summed E-state index contributed by atoms with van der Waals surface area (Å²) in [5.74, 6) is 0.0187. The Morgan fingerprint density at radius 1 is 1.15 bits per heavy atom. The Morgan fingerprint density at radius 2 is 1.82 bits per heavy atom. The van der Waals surface area contributed by atoms with Crippen molar-refractivity contribution in [2.24, 2.45) is 0 Å². The molecule has 1 saturated carbocycles. The van der Waals surface area contributed by atoms with Gasteiger partial charge in [-0.2, -0.15) is 4.31 Å². The molecule has 9 nitrogen and oxygen atoms in total. The molecule has 10 heteroatoms. The third-order valence-corrected chi connectivity index (χ3v) is 8.42. The van der Waals surface area contributed by atoms with Gasteiger partial charge >= 0.3 is 0 Å². The number of amides is 2. The molecule has 184 valence electrons. The minimum atomic E-state index is -3.67. The number of anilines is 1. The lowest BCUT2D eigenvalue weighted by Crippen LogP contribution is -2.71. The Hall–Kier alpha value is -2.33. The summed E-state index contributed by atoms with van der Waals surface area (Å²) in [6, 6.07) is 5.01. The highest BCUT2D eigenvalue weighted by Gasteiger charge is 2.51. The van der Waals surface area contributed by atoms with Gasteiger partial charge in [-0.3, -0.25) is 14.5 Å². The van der Waals surface area contributed by atoms with Gasteiger partial charge < -0.3 is 14.8 Å². The van der Waals surface area contributed by atoms with Crippen LogP contribution >= 0.6 is 0 Å². The fourth-order valence-corrected chi connectivity index (χ4v) is 6.23. The van der Waals surface area contributed by atoms with E-state index in [4.69, 9.17) is 9.47 Å². The first-order valence-electron chi connectivity index (χ1n) is 11.5. The number of benzene rings is 1. The molecule has 2 aliphatic rings. The van der Waals surface area contributed by atoms with E-state index >= 15 is 0 Å². The van der Waals surface area contributed by atoms with Crippen LogP contribution in [0.25, 0.3) is 0 Å². The third-order valence-electron chi connectivity index (χ3n) is 6.45. The molecule has 1 N–H and O–H groups in total. The standard InChI is InChI=1S/C23H35N3O6S/c1-5-13-33(29,30)25-15-21(27)26(18-11-12-19(31-3)20(14-18)32-4)23(2,16-25)22(28)24-17-9-7-6-8-10-17/h11-12,14,17H,5-10,13,15-16H2,1-4H3,(H,24,28)/t23-/m0/s1. The van der Waals surface area contributed by atoms with Crippen LogP contribution in [0.2, 0.25) is 0 Å². The van der Waals surface area contributed by atoms with E-state index in [1.807, 2.05) is 0 Å². The second kappa shape index (κ2) is 10.3. The minimum Gasteiger partial charge on any atom is -0.493 e. The fraction of sp³-hybridized carbons (Fsp3) is 0.652. The summed E-state index contributed by atoms with van der Waals surface area (Å²) >= 11 is 0. The topological polar surface area (TPSA) is 105 Å². The van der Waals surface area contributed by atoms with Gasteiger partial charge in [0.1, 0.15) is 5.54 Å². The maximum atomic E-state index is 13.6. The lowest BCUT2D eigenvalue weighted by Gasteiger charge is -2.47.